The molecule has 0 aliphatic heterocycles. The van der Waals surface area contributed by atoms with Gasteiger partial charge in [-0.25, -0.2) is 4.79 Å². The predicted molar refractivity (Wildman–Crippen MR) is 79.2 cm³/mol. The number of hydrogen-bond donors (Lipinski definition) is 2. The highest BCUT2D eigenvalue weighted by atomic mass is 16.3. The first-order valence-corrected chi connectivity index (χ1v) is 7.11. The Kier molecular flexibility index (Phi) is 7.01. The first kappa shape index (κ1) is 16.4. The number of aromatic nitrogens is 1. The van der Waals surface area contributed by atoms with E-state index in [1.54, 1.807) is 17.3 Å². The molecular formula is C15H25N3O2. The van der Waals surface area contributed by atoms with Crippen molar-refractivity contribution in [1.82, 2.24) is 15.2 Å². The third-order valence-electron chi connectivity index (χ3n) is 3.13. The summed E-state index contributed by atoms with van der Waals surface area (Å²) in [4.78, 5) is 18.2. The lowest BCUT2D eigenvalue weighted by Crippen LogP contribution is -2.46. The molecule has 0 aliphatic carbocycles. The summed E-state index contributed by atoms with van der Waals surface area (Å²) in [5.41, 5.74) is 1.01. The van der Waals surface area contributed by atoms with Gasteiger partial charge >= 0.3 is 6.03 Å². The maximum Gasteiger partial charge on any atom is 0.318 e. The molecule has 1 unspecified atom stereocenters. The number of nitrogens with one attached hydrogen (secondary N) is 1. The van der Waals surface area contributed by atoms with Crippen LogP contribution in [0.4, 0.5) is 4.79 Å². The van der Waals surface area contributed by atoms with Crippen LogP contribution >= 0.6 is 0 Å². The van der Waals surface area contributed by atoms with Crippen LogP contribution in [0.3, 0.4) is 0 Å². The van der Waals surface area contributed by atoms with Crippen molar-refractivity contribution in [3.8, 4) is 0 Å². The summed E-state index contributed by atoms with van der Waals surface area (Å²) in [6.45, 7) is 6.65. The van der Waals surface area contributed by atoms with E-state index in [0.29, 0.717) is 13.0 Å². The molecule has 20 heavy (non-hydrogen) atoms. The quantitative estimate of drug-likeness (QED) is 0.804. The van der Waals surface area contributed by atoms with Crippen LogP contribution in [0, 0.1) is 0 Å². The van der Waals surface area contributed by atoms with E-state index in [1.165, 1.54) is 0 Å². The topological polar surface area (TPSA) is 65.5 Å². The molecule has 0 bridgehead atoms. The zero-order valence-electron chi connectivity index (χ0n) is 12.5. The number of nitrogens with zero attached hydrogens (tertiary/aromatic N) is 2. The highest BCUT2D eigenvalue weighted by molar-refractivity contribution is 5.74. The van der Waals surface area contributed by atoms with Gasteiger partial charge in [0.25, 0.3) is 0 Å². The molecule has 1 rings (SSSR count). The van der Waals surface area contributed by atoms with Crippen LogP contribution in [0.1, 0.15) is 39.2 Å². The normalized spacial score (nSPS) is 12.2. The standard InChI is InChI=1S/C15H25N3O2/c1-12(2)18(11-14-7-4-8-16-10-14)15(20)17-13(3)6-5-9-19/h4,7-8,10,12-13,19H,5-6,9,11H2,1-3H3,(H,17,20). The number of urea groups is 1. The zero-order chi connectivity index (χ0) is 15.0. The first-order chi connectivity index (χ1) is 9.54. The Morgan fingerprint density at radius 2 is 2.20 bits per heavy atom. The lowest BCUT2D eigenvalue weighted by Gasteiger charge is -2.28. The van der Waals surface area contributed by atoms with E-state index in [2.05, 4.69) is 10.3 Å². The second-order valence-electron chi connectivity index (χ2n) is 5.30. The van der Waals surface area contributed by atoms with Crippen LogP contribution in [0.5, 0.6) is 0 Å². The van der Waals surface area contributed by atoms with Gasteiger partial charge in [-0.15, -0.1) is 0 Å². The molecule has 1 heterocycles. The minimum Gasteiger partial charge on any atom is -0.396 e. The number of carbonyl (C=O) groups is 1. The van der Waals surface area contributed by atoms with Gasteiger partial charge in [0, 0.05) is 37.6 Å². The summed E-state index contributed by atoms with van der Waals surface area (Å²) in [5.74, 6) is 0. The summed E-state index contributed by atoms with van der Waals surface area (Å²) < 4.78 is 0. The van der Waals surface area contributed by atoms with E-state index in [4.69, 9.17) is 5.11 Å². The number of aliphatic hydroxyl groups is 1. The van der Waals surface area contributed by atoms with E-state index in [9.17, 15) is 4.79 Å². The van der Waals surface area contributed by atoms with E-state index in [0.717, 1.165) is 12.0 Å². The molecule has 2 amide bonds. The average molecular weight is 279 g/mol. The van der Waals surface area contributed by atoms with E-state index in [-0.39, 0.29) is 24.7 Å². The molecule has 1 atom stereocenters. The van der Waals surface area contributed by atoms with Crippen LogP contribution in [0.25, 0.3) is 0 Å². The van der Waals surface area contributed by atoms with Crippen LogP contribution in [0.2, 0.25) is 0 Å². The second kappa shape index (κ2) is 8.53. The van der Waals surface area contributed by atoms with Gasteiger partial charge in [0.2, 0.25) is 0 Å². The molecular weight excluding hydrogens is 254 g/mol. The van der Waals surface area contributed by atoms with E-state index >= 15 is 0 Å². The first-order valence-electron chi connectivity index (χ1n) is 7.11. The largest absolute Gasteiger partial charge is 0.396 e. The smallest absolute Gasteiger partial charge is 0.318 e. The van der Waals surface area contributed by atoms with Gasteiger partial charge in [0.15, 0.2) is 0 Å². The SMILES string of the molecule is CC(CCCO)NC(=O)N(Cc1cccnc1)C(C)C. The molecule has 1 aromatic heterocycles. The Bertz CT molecular complexity index is 395. The third kappa shape index (κ3) is 5.57. The Labute approximate surface area is 121 Å². The molecule has 0 aliphatic rings. The lowest BCUT2D eigenvalue weighted by molar-refractivity contribution is 0.175. The van der Waals surface area contributed by atoms with Crippen molar-refractivity contribution in [1.29, 1.82) is 0 Å². The highest BCUT2D eigenvalue weighted by Gasteiger charge is 2.18. The average Bonchev–Trinajstić information content (AvgIpc) is 2.43. The molecule has 0 fully saturated rings. The fourth-order valence-electron chi connectivity index (χ4n) is 1.94. The van der Waals surface area contributed by atoms with Crippen LogP contribution in [-0.4, -0.2) is 39.7 Å². The minimum absolute atomic E-state index is 0.0600. The maximum absolute atomic E-state index is 12.3. The summed E-state index contributed by atoms with van der Waals surface area (Å²) in [6.07, 6.45) is 4.98. The number of amides is 2. The van der Waals surface area contributed by atoms with Crippen LogP contribution < -0.4 is 5.32 Å². The van der Waals surface area contributed by atoms with Gasteiger partial charge in [-0.05, 0) is 45.2 Å². The van der Waals surface area contributed by atoms with Gasteiger partial charge in [-0.1, -0.05) is 6.07 Å². The second-order valence-corrected chi connectivity index (χ2v) is 5.30. The molecule has 112 valence electrons. The molecule has 2 N–H and O–H groups in total. The van der Waals surface area contributed by atoms with E-state index in [1.807, 2.05) is 32.9 Å². The fourth-order valence-corrected chi connectivity index (χ4v) is 1.94. The van der Waals surface area contributed by atoms with Crippen LogP contribution in [-0.2, 0) is 6.54 Å². The van der Waals surface area contributed by atoms with Gasteiger partial charge in [-0.3, -0.25) is 4.98 Å². The maximum atomic E-state index is 12.3. The van der Waals surface area contributed by atoms with Gasteiger partial charge in [0.05, 0.1) is 0 Å². The molecule has 0 radical (unpaired) electrons. The Balaban J connectivity index is 2.59. The van der Waals surface area contributed by atoms with Crippen molar-refractivity contribution in [2.24, 2.45) is 0 Å². The summed E-state index contributed by atoms with van der Waals surface area (Å²) in [7, 11) is 0. The minimum atomic E-state index is -0.0747. The molecule has 0 saturated heterocycles. The Morgan fingerprint density at radius 3 is 2.75 bits per heavy atom. The van der Waals surface area contributed by atoms with Crippen molar-refractivity contribution in [3.63, 3.8) is 0 Å². The Hall–Kier alpha value is -1.62. The number of rotatable bonds is 7. The van der Waals surface area contributed by atoms with Crippen molar-refractivity contribution >= 4 is 6.03 Å². The summed E-state index contributed by atoms with van der Waals surface area (Å²) >= 11 is 0. The molecule has 1 aromatic rings. The molecule has 0 saturated carbocycles. The van der Waals surface area contributed by atoms with Gasteiger partial charge < -0.3 is 15.3 Å². The Morgan fingerprint density at radius 1 is 1.45 bits per heavy atom. The van der Waals surface area contributed by atoms with Crippen molar-refractivity contribution in [3.05, 3.63) is 30.1 Å². The summed E-state index contributed by atoms with van der Waals surface area (Å²) in [5, 5.41) is 11.8. The van der Waals surface area contributed by atoms with Crippen molar-refractivity contribution < 1.29 is 9.90 Å². The monoisotopic (exact) mass is 279 g/mol. The van der Waals surface area contributed by atoms with Crippen molar-refractivity contribution in [2.75, 3.05) is 6.61 Å². The lowest BCUT2D eigenvalue weighted by atomic mass is 10.2. The summed E-state index contributed by atoms with van der Waals surface area (Å²) in [6, 6.07) is 3.93. The zero-order valence-corrected chi connectivity index (χ0v) is 12.5. The van der Waals surface area contributed by atoms with Gasteiger partial charge in [-0.2, -0.15) is 0 Å². The number of pyridine rings is 1. The third-order valence-corrected chi connectivity index (χ3v) is 3.13. The molecule has 5 nitrogen and oxygen atoms in total. The molecule has 0 aromatic carbocycles. The van der Waals surface area contributed by atoms with Crippen molar-refractivity contribution in [2.45, 2.75) is 52.2 Å². The number of aliphatic hydroxyl groups excluding tert-OH is 1. The highest BCUT2D eigenvalue weighted by Crippen LogP contribution is 2.08. The number of carbonyl (C=O) groups excluding carboxylic acids is 1. The van der Waals surface area contributed by atoms with E-state index < -0.39 is 0 Å². The fraction of sp³-hybridized carbons (Fsp3) is 0.600. The van der Waals surface area contributed by atoms with Gasteiger partial charge in [0.1, 0.15) is 0 Å². The molecule has 5 heteroatoms. The molecule has 0 spiro atoms. The number of hydrogen-bond acceptors (Lipinski definition) is 3. The van der Waals surface area contributed by atoms with Crippen LogP contribution in [0.15, 0.2) is 24.5 Å². The predicted octanol–water partition coefficient (Wildman–Crippen LogP) is 2.16.